The maximum atomic E-state index is 12.2. The van der Waals surface area contributed by atoms with Gasteiger partial charge < -0.3 is 10.6 Å². The van der Waals surface area contributed by atoms with Gasteiger partial charge in [0, 0.05) is 30.6 Å². The van der Waals surface area contributed by atoms with Gasteiger partial charge in [-0.3, -0.25) is 14.6 Å². The number of benzene rings is 1. The van der Waals surface area contributed by atoms with Crippen molar-refractivity contribution in [1.29, 1.82) is 0 Å². The molecule has 1 aromatic carbocycles. The van der Waals surface area contributed by atoms with Crippen molar-refractivity contribution in [3.8, 4) is 0 Å². The van der Waals surface area contributed by atoms with Crippen LogP contribution in [-0.4, -0.2) is 29.4 Å². The average molecular weight is 299 g/mol. The number of fused-ring (bicyclic) bond motifs is 1. The number of pyridine rings is 1. The molecule has 1 heterocycles. The van der Waals surface area contributed by atoms with Gasteiger partial charge in [0.1, 0.15) is 5.69 Å². The monoisotopic (exact) mass is 299 g/mol. The lowest BCUT2D eigenvalue weighted by Crippen LogP contribution is -2.35. The zero-order chi connectivity index (χ0) is 15.9. The fraction of sp³-hybridized carbons (Fsp3) is 0.353. The number of hydrogen-bond donors (Lipinski definition) is 2. The van der Waals surface area contributed by atoms with Crippen molar-refractivity contribution in [2.75, 3.05) is 6.54 Å². The van der Waals surface area contributed by atoms with Crippen LogP contribution in [0.15, 0.2) is 36.5 Å². The predicted molar refractivity (Wildman–Crippen MR) is 86.6 cm³/mol. The first kappa shape index (κ1) is 15.9. The van der Waals surface area contributed by atoms with E-state index in [1.165, 1.54) is 0 Å². The van der Waals surface area contributed by atoms with Crippen molar-refractivity contribution in [2.24, 2.45) is 0 Å². The number of nitrogens with one attached hydrogen (secondary N) is 2. The standard InChI is InChI=1S/C17H21N3O2/c1-3-12(2)20-15(21)9-11-19-17(22)16-14-7-5-4-6-13(14)8-10-18-16/h4-8,10,12H,3,9,11H2,1-2H3,(H,19,22)(H,20,21). The molecule has 0 bridgehead atoms. The van der Waals surface area contributed by atoms with Gasteiger partial charge in [-0.25, -0.2) is 0 Å². The topological polar surface area (TPSA) is 71.1 Å². The molecule has 1 atom stereocenters. The highest BCUT2D eigenvalue weighted by Gasteiger charge is 2.12. The first-order chi connectivity index (χ1) is 10.6. The molecule has 1 aromatic heterocycles. The molecule has 0 spiro atoms. The normalized spacial score (nSPS) is 11.9. The second-order valence-electron chi connectivity index (χ2n) is 5.26. The zero-order valence-corrected chi connectivity index (χ0v) is 12.9. The number of nitrogens with zero attached hydrogens (tertiary/aromatic N) is 1. The Balaban J connectivity index is 1.93. The van der Waals surface area contributed by atoms with E-state index in [1.807, 2.05) is 44.2 Å². The van der Waals surface area contributed by atoms with Gasteiger partial charge in [-0.1, -0.05) is 31.2 Å². The van der Waals surface area contributed by atoms with Crippen LogP contribution in [0.5, 0.6) is 0 Å². The molecule has 2 rings (SSSR count). The summed E-state index contributed by atoms with van der Waals surface area (Å²) in [6, 6.07) is 9.62. The molecule has 0 aliphatic heterocycles. The Hall–Kier alpha value is -2.43. The third-order valence-corrected chi connectivity index (χ3v) is 3.55. The molecular weight excluding hydrogens is 278 g/mol. The molecule has 0 saturated heterocycles. The van der Waals surface area contributed by atoms with Crippen molar-refractivity contribution >= 4 is 22.6 Å². The summed E-state index contributed by atoms with van der Waals surface area (Å²) < 4.78 is 0. The number of hydrogen-bond acceptors (Lipinski definition) is 3. The van der Waals surface area contributed by atoms with Gasteiger partial charge in [0.25, 0.3) is 5.91 Å². The van der Waals surface area contributed by atoms with E-state index in [-0.39, 0.29) is 24.3 Å². The van der Waals surface area contributed by atoms with Crippen LogP contribution in [0, 0.1) is 0 Å². The molecule has 0 aliphatic carbocycles. The molecule has 2 N–H and O–H groups in total. The van der Waals surface area contributed by atoms with Gasteiger partial charge in [0.15, 0.2) is 0 Å². The maximum Gasteiger partial charge on any atom is 0.270 e. The lowest BCUT2D eigenvalue weighted by molar-refractivity contribution is -0.121. The summed E-state index contributed by atoms with van der Waals surface area (Å²) in [6.45, 7) is 4.27. The third-order valence-electron chi connectivity index (χ3n) is 3.55. The van der Waals surface area contributed by atoms with Gasteiger partial charge in [-0.15, -0.1) is 0 Å². The van der Waals surface area contributed by atoms with E-state index in [4.69, 9.17) is 0 Å². The van der Waals surface area contributed by atoms with E-state index in [9.17, 15) is 9.59 Å². The van der Waals surface area contributed by atoms with Crippen molar-refractivity contribution in [3.63, 3.8) is 0 Å². The molecule has 0 aliphatic rings. The Morgan fingerprint density at radius 2 is 2.00 bits per heavy atom. The van der Waals surface area contributed by atoms with Crippen LogP contribution in [-0.2, 0) is 4.79 Å². The van der Waals surface area contributed by atoms with Crippen LogP contribution >= 0.6 is 0 Å². The van der Waals surface area contributed by atoms with Gasteiger partial charge in [0.05, 0.1) is 0 Å². The van der Waals surface area contributed by atoms with Crippen LogP contribution in [0.4, 0.5) is 0 Å². The SMILES string of the molecule is CCC(C)NC(=O)CCNC(=O)c1nccc2ccccc12. The first-order valence-corrected chi connectivity index (χ1v) is 7.53. The summed E-state index contributed by atoms with van der Waals surface area (Å²) in [7, 11) is 0. The van der Waals surface area contributed by atoms with Gasteiger partial charge in [0.2, 0.25) is 5.91 Å². The highest BCUT2D eigenvalue weighted by molar-refractivity contribution is 6.05. The molecule has 22 heavy (non-hydrogen) atoms. The Bertz CT molecular complexity index is 665. The van der Waals surface area contributed by atoms with E-state index in [2.05, 4.69) is 15.6 Å². The summed E-state index contributed by atoms with van der Waals surface area (Å²) in [5, 5.41) is 7.40. The van der Waals surface area contributed by atoms with Crippen molar-refractivity contribution in [2.45, 2.75) is 32.7 Å². The maximum absolute atomic E-state index is 12.2. The Labute approximate surface area is 130 Å². The number of aromatic nitrogens is 1. The first-order valence-electron chi connectivity index (χ1n) is 7.53. The zero-order valence-electron chi connectivity index (χ0n) is 12.9. The molecule has 5 heteroatoms. The minimum atomic E-state index is -0.256. The van der Waals surface area contributed by atoms with Crippen LogP contribution < -0.4 is 10.6 Å². The van der Waals surface area contributed by atoms with Crippen molar-refractivity contribution < 1.29 is 9.59 Å². The Morgan fingerprint density at radius 3 is 2.77 bits per heavy atom. The number of carbonyl (C=O) groups excluding carboxylic acids is 2. The molecule has 5 nitrogen and oxygen atoms in total. The lowest BCUT2D eigenvalue weighted by atomic mass is 10.1. The minimum absolute atomic E-state index is 0.0551. The molecule has 0 fully saturated rings. The summed E-state index contributed by atoms with van der Waals surface area (Å²) in [5.74, 6) is -0.311. The van der Waals surface area contributed by atoms with E-state index < -0.39 is 0 Å². The fourth-order valence-corrected chi connectivity index (χ4v) is 2.12. The summed E-state index contributed by atoms with van der Waals surface area (Å²) in [5.41, 5.74) is 0.389. The molecule has 1 unspecified atom stereocenters. The molecule has 0 radical (unpaired) electrons. The molecular formula is C17H21N3O2. The largest absolute Gasteiger partial charge is 0.354 e. The highest BCUT2D eigenvalue weighted by Crippen LogP contribution is 2.15. The quantitative estimate of drug-likeness (QED) is 0.859. The van der Waals surface area contributed by atoms with Gasteiger partial charge in [-0.2, -0.15) is 0 Å². The van der Waals surface area contributed by atoms with E-state index in [0.29, 0.717) is 12.2 Å². The minimum Gasteiger partial charge on any atom is -0.354 e. The molecule has 2 amide bonds. The van der Waals surface area contributed by atoms with E-state index >= 15 is 0 Å². The Morgan fingerprint density at radius 1 is 1.23 bits per heavy atom. The highest BCUT2D eigenvalue weighted by atomic mass is 16.2. The third kappa shape index (κ3) is 4.04. The van der Waals surface area contributed by atoms with Crippen LogP contribution in [0.1, 0.15) is 37.2 Å². The summed E-state index contributed by atoms with van der Waals surface area (Å²) in [6.07, 6.45) is 2.77. The number of amides is 2. The number of carbonyl (C=O) groups is 2. The molecule has 116 valence electrons. The molecule has 2 aromatic rings. The van der Waals surface area contributed by atoms with Crippen LogP contribution in [0.3, 0.4) is 0 Å². The lowest BCUT2D eigenvalue weighted by Gasteiger charge is -2.11. The van der Waals surface area contributed by atoms with Gasteiger partial charge in [-0.05, 0) is 24.8 Å². The van der Waals surface area contributed by atoms with Crippen molar-refractivity contribution in [1.82, 2.24) is 15.6 Å². The number of rotatable bonds is 6. The van der Waals surface area contributed by atoms with Crippen molar-refractivity contribution in [3.05, 3.63) is 42.2 Å². The summed E-state index contributed by atoms with van der Waals surface area (Å²) >= 11 is 0. The van der Waals surface area contributed by atoms with Crippen LogP contribution in [0.2, 0.25) is 0 Å². The Kier molecular flexibility index (Phi) is 5.47. The molecule has 0 saturated carbocycles. The predicted octanol–water partition coefficient (Wildman–Crippen LogP) is 2.27. The second-order valence-corrected chi connectivity index (χ2v) is 5.26. The van der Waals surface area contributed by atoms with E-state index in [1.54, 1.807) is 6.20 Å². The second kappa shape index (κ2) is 7.54. The fourth-order valence-electron chi connectivity index (χ4n) is 2.12. The average Bonchev–Trinajstić information content (AvgIpc) is 2.54. The van der Waals surface area contributed by atoms with E-state index in [0.717, 1.165) is 17.2 Å². The smallest absolute Gasteiger partial charge is 0.270 e. The van der Waals surface area contributed by atoms with Crippen LogP contribution in [0.25, 0.3) is 10.8 Å². The van der Waals surface area contributed by atoms with Gasteiger partial charge >= 0.3 is 0 Å². The summed E-state index contributed by atoms with van der Waals surface area (Å²) in [4.78, 5) is 28.0.